The number of carbonyl (C=O) groups excluding carboxylic acids is 2. The molecule has 0 radical (unpaired) electrons. The van der Waals surface area contributed by atoms with Crippen molar-refractivity contribution in [3.05, 3.63) is 62.8 Å². The quantitative estimate of drug-likeness (QED) is 0.643. The van der Waals surface area contributed by atoms with Crippen LogP contribution in [-0.4, -0.2) is 45.9 Å². The van der Waals surface area contributed by atoms with E-state index in [0.717, 1.165) is 25.7 Å². The lowest BCUT2D eigenvalue weighted by atomic mass is 9.87. The van der Waals surface area contributed by atoms with E-state index in [2.05, 4.69) is 10.2 Å². The number of benzene rings is 1. The van der Waals surface area contributed by atoms with E-state index in [9.17, 15) is 32.7 Å². The number of hydrogen-bond donors (Lipinski definition) is 2. The van der Waals surface area contributed by atoms with Gasteiger partial charge in [-0.25, -0.2) is 13.2 Å². The Morgan fingerprint density at radius 1 is 1.24 bits per heavy atom. The van der Waals surface area contributed by atoms with Crippen molar-refractivity contribution in [1.29, 1.82) is 0 Å². The van der Waals surface area contributed by atoms with Gasteiger partial charge in [-0.2, -0.15) is 0 Å². The molecule has 1 aromatic heterocycles. The minimum absolute atomic E-state index is 0.0661. The van der Waals surface area contributed by atoms with Crippen LogP contribution in [-0.2, 0) is 13.1 Å². The molecule has 2 N–H and O–H groups in total. The molecule has 1 aliphatic heterocycles. The SMILES string of the molecule is CN1C2CCCC(C2)C1Cn1cc(C(=O)NCc2c(F)cc(F)cc2F)c(=O)c(O)c1C=O. The highest BCUT2D eigenvalue weighted by Gasteiger charge is 2.41. The van der Waals surface area contributed by atoms with Gasteiger partial charge in [0.05, 0.1) is 0 Å². The fourth-order valence-electron chi connectivity index (χ4n) is 5.11. The number of aromatic nitrogens is 1. The van der Waals surface area contributed by atoms with Gasteiger partial charge in [0.25, 0.3) is 5.91 Å². The summed E-state index contributed by atoms with van der Waals surface area (Å²) in [6, 6.07) is 1.47. The molecule has 1 saturated heterocycles. The van der Waals surface area contributed by atoms with Gasteiger partial charge in [0, 0.05) is 49.1 Å². The Morgan fingerprint density at radius 3 is 2.58 bits per heavy atom. The second-order valence-corrected chi connectivity index (χ2v) is 8.72. The van der Waals surface area contributed by atoms with Crippen LogP contribution in [0.2, 0.25) is 0 Å². The molecule has 176 valence electrons. The van der Waals surface area contributed by atoms with Gasteiger partial charge in [-0.3, -0.25) is 19.3 Å². The van der Waals surface area contributed by atoms with Gasteiger partial charge in [0.1, 0.15) is 28.7 Å². The number of amides is 1. The van der Waals surface area contributed by atoms with Crippen molar-refractivity contribution in [1.82, 2.24) is 14.8 Å². The van der Waals surface area contributed by atoms with Crippen LogP contribution in [0.25, 0.3) is 0 Å². The summed E-state index contributed by atoms with van der Waals surface area (Å²) < 4.78 is 42.2. The van der Waals surface area contributed by atoms with Crippen LogP contribution in [0.15, 0.2) is 23.1 Å². The molecule has 1 saturated carbocycles. The number of nitrogens with one attached hydrogen (secondary N) is 1. The average Bonchev–Trinajstić information content (AvgIpc) is 2.97. The topological polar surface area (TPSA) is 91.6 Å². The number of pyridine rings is 1. The van der Waals surface area contributed by atoms with E-state index in [4.69, 9.17) is 0 Å². The highest BCUT2D eigenvalue weighted by Crippen LogP contribution is 2.40. The number of nitrogens with zero attached hydrogens (tertiary/aromatic N) is 2. The van der Waals surface area contributed by atoms with E-state index in [0.29, 0.717) is 36.9 Å². The molecule has 1 aliphatic carbocycles. The molecule has 2 fully saturated rings. The lowest BCUT2D eigenvalue weighted by Crippen LogP contribution is -2.37. The number of likely N-dealkylation sites (tertiary alicyclic amines) is 1. The number of likely N-dealkylation sites (N-methyl/N-ethyl adjacent to an activating group) is 1. The van der Waals surface area contributed by atoms with E-state index in [1.807, 2.05) is 7.05 Å². The standard InChI is InChI=1S/C23H24F3N3O4/c1-28-14-4-2-3-12(5-14)19(28)10-29-9-16(21(31)22(32)20(29)11-30)23(33)27-8-15-17(25)6-13(24)7-18(15)26/h6-7,9,11-12,14,19,32H,2-5,8,10H2,1H3,(H,27,33). The number of aromatic hydroxyl groups is 1. The smallest absolute Gasteiger partial charge is 0.257 e. The molecule has 33 heavy (non-hydrogen) atoms. The maximum absolute atomic E-state index is 13.9. The van der Waals surface area contributed by atoms with Crippen LogP contribution >= 0.6 is 0 Å². The minimum Gasteiger partial charge on any atom is -0.503 e. The van der Waals surface area contributed by atoms with Crippen molar-refractivity contribution < 1.29 is 27.9 Å². The third-order valence-corrected chi connectivity index (χ3v) is 6.90. The number of fused-ring (bicyclic) bond motifs is 2. The van der Waals surface area contributed by atoms with Crippen LogP contribution in [0.4, 0.5) is 13.2 Å². The van der Waals surface area contributed by atoms with Gasteiger partial charge in [0.15, 0.2) is 12.0 Å². The third-order valence-electron chi connectivity index (χ3n) is 6.90. The fourth-order valence-corrected chi connectivity index (χ4v) is 5.11. The molecule has 2 heterocycles. The average molecular weight is 463 g/mol. The van der Waals surface area contributed by atoms with E-state index in [1.54, 1.807) is 0 Å². The molecule has 10 heteroatoms. The van der Waals surface area contributed by atoms with Crippen molar-refractivity contribution in [3.63, 3.8) is 0 Å². The van der Waals surface area contributed by atoms with Gasteiger partial charge in [0.2, 0.25) is 5.43 Å². The van der Waals surface area contributed by atoms with Gasteiger partial charge < -0.3 is 15.0 Å². The van der Waals surface area contributed by atoms with E-state index < -0.39 is 52.2 Å². The molecule has 2 aliphatic rings. The Labute approximate surface area is 187 Å². The predicted molar refractivity (Wildman–Crippen MR) is 113 cm³/mol. The van der Waals surface area contributed by atoms with Gasteiger partial charge in [-0.15, -0.1) is 0 Å². The second-order valence-electron chi connectivity index (χ2n) is 8.72. The molecular weight excluding hydrogens is 439 g/mol. The molecule has 1 amide bonds. The van der Waals surface area contributed by atoms with Crippen molar-refractivity contribution in [2.45, 2.75) is 50.9 Å². The van der Waals surface area contributed by atoms with Crippen LogP contribution in [0.1, 0.15) is 52.1 Å². The van der Waals surface area contributed by atoms with Crippen LogP contribution < -0.4 is 10.7 Å². The Morgan fingerprint density at radius 2 is 1.94 bits per heavy atom. The molecule has 3 unspecified atom stereocenters. The lowest BCUT2D eigenvalue weighted by molar-refractivity contribution is 0.0945. The van der Waals surface area contributed by atoms with E-state index in [-0.39, 0.29) is 11.7 Å². The first-order chi connectivity index (χ1) is 15.7. The summed E-state index contributed by atoms with van der Waals surface area (Å²) in [6.45, 7) is -0.345. The van der Waals surface area contributed by atoms with Crippen LogP contribution in [0.3, 0.4) is 0 Å². The highest BCUT2D eigenvalue weighted by atomic mass is 19.1. The second kappa shape index (κ2) is 9.01. The zero-order valence-electron chi connectivity index (χ0n) is 18.0. The Bertz CT molecular complexity index is 1140. The molecule has 0 spiro atoms. The summed E-state index contributed by atoms with van der Waals surface area (Å²) in [4.78, 5) is 39.1. The number of carbonyl (C=O) groups is 2. The molecule has 1 aromatic carbocycles. The maximum atomic E-state index is 13.9. The van der Waals surface area contributed by atoms with Gasteiger partial charge >= 0.3 is 0 Å². The third kappa shape index (κ3) is 4.27. The Hall–Kier alpha value is -3.14. The number of rotatable bonds is 6. The van der Waals surface area contributed by atoms with Crippen molar-refractivity contribution in [2.75, 3.05) is 7.05 Å². The molecule has 7 nitrogen and oxygen atoms in total. The predicted octanol–water partition coefficient (Wildman–Crippen LogP) is 2.59. The maximum Gasteiger partial charge on any atom is 0.257 e. The Kier molecular flexibility index (Phi) is 6.29. The summed E-state index contributed by atoms with van der Waals surface area (Å²) >= 11 is 0. The summed E-state index contributed by atoms with van der Waals surface area (Å²) in [5, 5.41) is 12.5. The highest BCUT2D eigenvalue weighted by molar-refractivity contribution is 5.95. The summed E-state index contributed by atoms with van der Waals surface area (Å²) in [5.41, 5.74) is -2.34. The number of aldehydes is 1. The first-order valence-electron chi connectivity index (χ1n) is 10.8. The summed E-state index contributed by atoms with van der Waals surface area (Å²) in [5.74, 6) is -4.90. The monoisotopic (exact) mass is 463 g/mol. The molecule has 4 rings (SSSR count). The number of hydrogen-bond acceptors (Lipinski definition) is 5. The molecule has 2 bridgehead atoms. The zero-order valence-corrected chi connectivity index (χ0v) is 18.0. The lowest BCUT2D eigenvalue weighted by Gasteiger charge is -2.27. The summed E-state index contributed by atoms with van der Waals surface area (Å²) in [6.07, 6.45) is 5.82. The first kappa shape index (κ1) is 23.0. The molecular formula is C23H24F3N3O4. The van der Waals surface area contributed by atoms with Crippen LogP contribution in [0.5, 0.6) is 5.75 Å². The molecule has 3 atom stereocenters. The van der Waals surface area contributed by atoms with Crippen molar-refractivity contribution in [3.8, 4) is 5.75 Å². The van der Waals surface area contributed by atoms with Crippen LogP contribution in [0, 0.1) is 23.4 Å². The Balaban J connectivity index is 1.61. The van der Waals surface area contributed by atoms with Crippen molar-refractivity contribution in [2.24, 2.45) is 5.92 Å². The van der Waals surface area contributed by atoms with Gasteiger partial charge in [-0.1, -0.05) is 6.42 Å². The van der Waals surface area contributed by atoms with Crippen molar-refractivity contribution >= 4 is 12.2 Å². The minimum atomic E-state index is -1.18. The first-order valence-corrected chi connectivity index (χ1v) is 10.8. The zero-order chi connectivity index (χ0) is 23.9. The molecule has 2 aromatic rings. The largest absolute Gasteiger partial charge is 0.503 e. The van der Waals surface area contributed by atoms with Gasteiger partial charge in [-0.05, 0) is 32.2 Å². The van der Waals surface area contributed by atoms with E-state index >= 15 is 0 Å². The normalized spacial score (nSPS) is 22.4. The van der Waals surface area contributed by atoms with E-state index in [1.165, 1.54) is 10.8 Å². The fraction of sp³-hybridized carbons (Fsp3) is 0.435. The number of halogens is 3. The summed E-state index contributed by atoms with van der Waals surface area (Å²) in [7, 11) is 2.00.